The Balaban J connectivity index is 1.35. The number of ketones is 1. The molecule has 4 atom stereocenters. The third kappa shape index (κ3) is 5.91. The highest BCUT2D eigenvalue weighted by Crippen LogP contribution is 2.39. The van der Waals surface area contributed by atoms with Crippen LogP contribution in [0.4, 0.5) is 5.82 Å². The average Bonchev–Trinajstić information content (AvgIpc) is 3.43. The average molecular weight is 579 g/mol. The minimum atomic E-state index is -4.35. The second-order valence-corrected chi connectivity index (χ2v) is 12.5. The Labute approximate surface area is 229 Å². The minimum Gasteiger partial charge on any atom is -0.393 e. The molecule has 38 heavy (non-hydrogen) atoms. The summed E-state index contributed by atoms with van der Waals surface area (Å²) in [5, 5.41) is 14.2. The monoisotopic (exact) mass is 578 g/mol. The molecule has 1 aromatic carbocycles. The Morgan fingerprint density at radius 1 is 1.26 bits per heavy atom. The van der Waals surface area contributed by atoms with Crippen molar-refractivity contribution in [2.75, 3.05) is 18.5 Å². The number of hydrogen-bond donors (Lipinski definition) is 4. The molecule has 3 heterocycles. The number of nitrogens with zero attached hydrogens (tertiary/aromatic N) is 2. The molecule has 0 bridgehead atoms. The van der Waals surface area contributed by atoms with Gasteiger partial charge in [0.1, 0.15) is 18.2 Å². The van der Waals surface area contributed by atoms with Crippen LogP contribution in [0.5, 0.6) is 0 Å². The quantitative estimate of drug-likeness (QED) is 0.233. The van der Waals surface area contributed by atoms with Crippen LogP contribution in [0.1, 0.15) is 55.7 Å². The molecular weight excluding hydrogens is 552 g/mol. The normalized spacial score (nSPS) is 23.3. The highest BCUT2D eigenvalue weighted by atomic mass is 35.5. The smallest absolute Gasteiger partial charge is 0.333 e. The molecule has 2 aliphatic rings. The fourth-order valence-corrected chi connectivity index (χ4v) is 6.74. The van der Waals surface area contributed by atoms with Crippen LogP contribution in [0.3, 0.4) is 0 Å². The maximum absolute atomic E-state index is 13.6. The second-order valence-electron chi connectivity index (χ2n) is 9.54. The number of ether oxygens (including phenoxy) is 1. The predicted octanol–water partition coefficient (Wildman–Crippen LogP) is 3.34. The number of rotatable bonds is 8. The Morgan fingerprint density at radius 2 is 2.08 bits per heavy atom. The fourth-order valence-electron chi connectivity index (χ4n) is 5.13. The van der Waals surface area contributed by atoms with E-state index in [0.717, 1.165) is 22.4 Å². The van der Waals surface area contributed by atoms with Gasteiger partial charge in [-0.3, -0.25) is 9.35 Å². The van der Waals surface area contributed by atoms with Crippen molar-refractivity contribution in [3.8, 4) is 0 Å². The van der Waals surface area contributed by atoms with Gasteiger partial charge in [-0.15, -0.1) is 11.3 Å². The SMILES string of the molecule is Cc1sc(C(=O)c2cncnc2N[C@@H]2C[C@H](CNS(=O)(=O)O)[C@@H](O)C2)cc1C1OCCc2ccc(Cl)cc21. The molecule has 202 valence electrons. The molecule has 1 fully saturated rings. The van der Waals surface area contributed by atoms with Gasteiger partial charge in [-0.2, -0.15) is 13.1 Å². The van der Waals surface area contributed by atoms with Crippen LogP contribution in [0.25, 0.3) is 0 Å². The van der Waals surface area contributed by atoms with Crippen LogP contribution in [0.2, 0.25) is 5.02 Å². The van der Waals surface area contributed by atoms with Crippen LogP contribution >= 0.6 is 22.9 Å². The zero-order valence-electron chi connectivity index (χ0n) is 20.4. The summed E-state index contributed by atoms with van der Waals surface area (Å²) in [4.78, 5) is 23.4. The van der Waals surface area contributed by atoms with Crippen molar-refractivity contribution in [1.82, 2.24) is 14.7 Å². The predicted molar refractivity (Wildman–Crippen MR) is 143 cm³/mol. The highest BCUT2D eigenvalue weighted by molar-refractivity contribution is 7.83. The number of anilines is 1. The molecule has 4 N–H and O–H groups in total. The summed E-state index contributed by atoms with van der Waals surface area (Å²) in [6, 6.07) is 7.41. The third-order valence-electron chi connectivity index (χ3n) is 6.99. The van der Waals surface area contributed by atoms with E-state index >= 15 is 0 Å². The van der Waals surface area contributed by atoms with Gasteiger partial charge >= 0.3 is 10.3 Å². The van der Waals surface area contributed by atoms with Gasteiger partial charge < -0.3 is 15.2 Å². The van der Waals surface area contributed by atoms with Crippen LogP contribution in [0.15, 0.2) is 36.8 Å². The molecule has 0 saturated heterocycles. The lowest BCUT2D eigenvalue weighted by atomic mass is 9.93. The summed E-state index contributed by atoms with van der Waals surface area (Å²) >= 11 is 7.64. The molecule has 5 rings (SSSR count). The fraction of sp³-hybridized carbons (Fsp3) is 0.400. The molecule has 3 aromatic rings. The van der Waals surface area contributed by atoms with Crippen molar-refractivity contribution in [3.63, 3.8) is 0 Å². The van der Waals surface area contributed by atoms with Crippen molar-refractivity contribution in [2.45, 2.75) is 44.4 Å². The van der Waals surface area contributed by atoms with E-state index in [9.17, 15) is 18.3 Å². The first-order chi connectivity index (χ1) is 18.1. The first-order valence-electron chi connectivity index (χ1n) is 12.1. The van der Waals surface area contributed by atoms with E-state index in [0.29, 0.717) is 40.7 Å². The Bertz CT molecular complexity index is 1460. The van der Waals surface area contributed by atoms with E-state index in [1.165, 1.54) is 29.4 Å². The van der Waals surface area contributed by atoms with Gasteiger partial charge in [0.2, 0.25) is 5.78 Å². The van der Waals surface area contributed by atoms with Gasteiger partial charge in [-0.05, 0) is 61.1 Å². The zero-order chi connectivity index (χ0) is 27.0. The van der Waals surface area contributed by atoms with Gasteiger partial charge in [0, 0.05) is 34.6 Å². The lowest BCUT2D eigenvalue weighted by Crippen LogP contribution is -2.32. The Kier molecular flexibility index (Phi) is 7.83. The lowest BCUT2D eigenvalue weighted by Gasteiger charge is -2.26. The van der Waals surface area contributed by atoms with E-state index in [1.54, 1.807) is 0 Å². The molecule has 1 unspecified atom stereocenters. The maximum Gasteiger partial charge on any atom is 0.333 e. The van der Waals surface area contributed by atoms with Crippen LogP contribution in [-0.2, 0) is 21.5 Å². The largest absolute Gasteiger partial charge is 0.393 e. The summed E-state index contributed by atoms with van der Waals surface area (Å²) in [5.74, 6) is -0.299. The van der Waals surface area contributed by atoms with Crippen molar-refractivity contribution >= 4 is 44.8 Å². The van der Waals surface area contributed by atoms with Crippen molar-refractivity contribution in [3.05, 3.63) is 73.8 Å². The van der Waals surface area contributed by atoms with Gasteiger partial charge in [0.25, 0.3) is 0 Å². The summed E-state index contributed by atoms with van der Waals surface area (Å²) in [6.45, 7) is 2.44. The van der Waals surface area contributed by atoms with Crippen molar-refractivity contribution < 1.29 is 27.6 Å². The standard InChI is InChI=1S/C25H27ClN4O6S2/c1-13-18(24-19-7-16(26)3-2-14(19)4-5-36-24)9-22(37-13)23(32)20-11-27-12-28-25(20)30-17-6-15(21(31)8-17)10-29-38(33,34)35/h2-3,7,9,11-12,15,17,21,24,29,31H,4-6,8,10H2,1H3,(H,27,28,30)(H,33,34,35)/t15-,17-,21+,24?/m1/s1. The molecule has 2 aromatic heterocycles. The molecule has 0 spiro atoms. The van der Waals surface area contributed by atoms with E-state index in [2.05, 4.69) is 15.3 Å². The van der Waals surface area contributed by atoms with E-state index in [-0.39, 0.29) is 24.5 Å². The second kappa shape index (κ2) is 11.0. The number of aliphatic hydroxyl groups excluding tert-OH is 1. The molecular formula is C25H27ClN4O6S2. The molecule has 1 aliphatic heterocycles. The van der Waals surface area contributed by atoms with Gasteiger partial charge in [-0.25, -0.2) is 9.97 Å². The van der Waals surface area contributed by atoms with Gasteiger partial charge in [0.05, 0.1) is 23.2 Å². The number of aromatic nitrogens is 2. The van der Waals surface area contributed by atoms with E-state index in [1.807, 2.05) is 35.9 Å². The molecule has 10 nitrogen and oxygen atoms in total. The molecule has 1 aliphatic carbocycles. The van der Waals surface area contributed by atoms with Crippen LogP contribution < -0.4 is 10.0 Å². The van der Waals surface area contributed by atoms with Crippen molar-refractivity contribution in [2.24, 2.45) is 5.92 Å². The summed E-state index contributed by atoms with van der Waals surface area (Å²) in [5.41, 5.74) is 3.39. The minimum absolute atomic E-state index is 0.0947. The number of aliphatic hydroxyl groups is 1. The first-order valence-corrected chi connectivity index (χ1v) is 14.7. The Hall–Kier alpha value is -2.45. The van der Waals surface area contributed by atoms with E-state index in [4.69, 9.17) is 20.9 Å². The van der Waals surface area contributed by atoms with E-state index < -0.39 is 22.3 Å². The Morgan fingerprint density at radius 3 is 2.87 bits per heavy atom. The lowest BCUT2D eigenvalue weighted by molar-refractivity contribution is 0.0697. The number of halogens is 1. The van der Waals surface area contributed by atoms with Crippen LogP contribution in [0, 0.1) is 12.8 Å². The van der Waals surface area contributed by atoms with Gasteiger partial charge in [0.15, 0.2) is 0 Å². The maximum atomic E-state index is 13.6. The topological polar surface area (TPSA) is 151 Å². The number of carbonyl (C=O) groups excluding carboxylic acids is 1. The number of fused-ring (bicyclic) bond motifs is 1. The number of carbonyl (C=O) groups is 1. The molecule has 13 heteroatoms. The first kappa shape index (κ1) is 27.1. The zero-order valence-corrected chi connectivity index (χ0v) is 22.8. The number of aryl methyl sites for hydroxylation is 1. The number of benzene rings is 1. The number of thiophene rings is 1. The molecule has 0 radical (unpaired) electrons. The highest BCUT2D eigenvalue weighted by Gasteiger charge is 2.34. The summed E-state index contributed by atoms with van der Waals surface area (Å²) < 4.78 is 39.1. The number of nitrogens with one attached hydrogen (secondary N) is 2. The summed E-state index contributed by atoms with van der Waals surface area (Å²) in [7, 11) is -4.35. The molecule has 0 amide bonds. The molecule has 1 saturated carbocycles. The summed E-state index contributed by atoms with van der Waals surface area (Å²) in [6.07, 6.45) is 3.26. The van der Waals surface area contributed by atoms with Crippen molar-refractivity contribution in [1.29, 1.82) is 0 Å². The van der Waals surface area contributed by atoms with Crippen LogP contribution in [-0.4, -0.2) is 59.1 Å². The third-order valence-corrected chi connectivity index (χ3v) is 8.82. The van der Waals surface area contributed by atoms with Gasteiger partial charge in [-0.1, -0.05) is 17.7 Å². The number of hydrogen-bond acceptors (Lipinski definition) is 9.